The summed E-state index contributed by atoms with van der Waals surface area (Å²) in [6, 6.07) is 9.68. The standard InChI is InChI=1S/C14H23NO3S/c1-13(19(3,16)17)12-15(2)10-7-11-18-14-8-5-4-6-9-14/h4-6,8-9,13H,7,10-12H2,1-3H3/t13-/m1/s1. The maximum atomic E-state index is 11.3. The first-order valence-electron chi connectivity index (χ1n) is 6.45. The highest BCUT2D eigenvalue weighted by Gasteiger charge is 2.16. The highest BCUT2D eigenvalue weighted by molar-refractivity contribution is 7.91. The van der Waals surface area contributed by atoms with E-state index in [0.29, 0.717) is 13.2 Å². The minimum absolute atomic E-state index is 0.326. The van der Waals surface area contributed by atoms with Gasteiger partial charge in [0.25, 0.3) is 0 Å². The van der Waals surface area contributed by atoms with Gasteiger partial charge < -0.3 is 9.64 Å². The molecule has 0 aromatic heterocycles. The fourth-order valence-corrected chi connectivity index (χ4v) is 2.23. The van der Waals surface area contributed by atoms with Crippen LogP contribution in [0.15, 0.2) is 30.3 Å². The Morgan fingerprint density at radius 1 is 1.26 bits per heavy atom. The van der Waals surface area contributed by atoms with Crippen molar-refractivity contribution >= 4 is 9.84 Å². The Labute approximate surface area is 116 Å². The van der Waals surface area contributed by atoms with Crippen molar-refractivity contribution in [3.05, 3.63) is 30.3 Å². The summed E-state index contributed by atoms with van der Waals surface area (Å²) in [5.74, 6) is 0.870. The van der Waals surface area contributed by atoms with Gasteiger partial charge in [0.05, 0.1) is 11.9 Å². The molecule has 0 bridgehead atoms. The second kappa shape index (κ2) is 7.50. The van der Waals surface area contributed by atoms with Gasteiger partial charge >= 0.3 is 0 Å². The third-order valence-corrected chi connectivity index (χ3v) is 4.61. The van der Waals surface area contributed by atoms with Gasteiger partial charge in [-0.15, -0.1) is 0 Å². The highest BCUT2D eigenvalue weighted by Crippen LogP contribution is 2.08. The van der Waals surface area contributed by atoms with Crippen LogP contribution in [0.5, 0.6) is 5.75 Å². The van der Waals surface area contributed by atoms with E-state index in [0.717, 1.165) is 18.7 Å². The van der Waals surface area contributed by atoms with Gasteiger partial charge in [-0.2, -0.15) is 0 Å². The minimum Gasteiger partial charge on any atom is -0.494 e. The predicted molar refractivity (Wildman–Crippen MR) is 78.4 cm³/mol. The van der Waals surface area contributed by atoms with Crippen molar-refractivity contribution in [1.82, 2.24) is 4.90 Å². The fraction of sp³-hybridized carbons (Fsp3) is 0.571. The zero-order valence-corrected chi connectivity index (χ0v) is 12.7. The van der Waals surface area contributed by atoms with Gasteiger partial charge in [-0.3, -0.25) is 0 Å². The van der Waals surface area contributed by atoms with E-state index in [1.54, 1.807) is 6.92 Å². The van der Waals surface area contributed by atoms with Crippen LogP contribution < -0.4 is 4.74 Å². The molecule has 0 radical (unpaired) electrons. The molecule has 0 spiro atoms. The van der Waals surface area contributed by atoms with Crippen LogP contribution >= 0.6 is 0 Å². The lowest BCUT2D eigenvalue weighted by atomic mass is 10.3. The maximum absolute atomic E-state index is 11.3. The van der Waals surface area contributed by atoms with E-state index in [4.69, 9.17) is 4.74 Å². The van der Waals surface area contributed by atoms with E-state index >= 15 is 0 Å². The minimum atomic E-state index is -2.94. The molecule has 0 heterocycles. The second-order valence-corrected chi connectivity index (χ2v) is 7.38. The van der Waals surface area contributed by atoms with Gasteiger partial charge in [-0.05, 0) is 32.5 Å². The Morgan fingerprint density at radius 2 is 1.89 bits per heavy atom. The summed E-state index contributed by atoms with van der Waals surface area (Å²) in [5, 5.41) is -0.326. The Balaban J connectivity index is 2.19. The first-order chi connectivity index (χ1) is 8.89. The van der Waals surface area contributed by atoms with E-state index in [-0.39, 0.29) is 5.25 Å². The van der Waals surface area contributed by atoms with Crippen LogP contribution in [0.1, 0.15) is 13.3 Å². The van der Waals surface area contributed by atoms with Crippen LogP contribution in [0, 0.1) is 0 Å². The van der Waals surface area contributed by atoms with Gasteiger partial charge in [0, 0.05) is 19.3 Å². The number of nitrogens with zero attached hydrogens (tertiary/aromatic N) is 1. The average Bonchev–Trinajstić information content (AvgIpc) is 2.35. The molecule has 4 nitrogen and oxygen atoms in total. The summed E-state index contributed by atoms with van der Waals surface area (Å²) in [7, 11) is -1.01. The molecule has 1 atom stereocenters. The summed E-state index contributed by atoms with van der Waals surface area (Å²) in [4.78, 5) is 2.03. The van der Waals surface area contributed by atoms with Crippen LogP contribution in [-0.4, -0.2) is 51.6 Å². The SMILES string of the molecule is C[C@H](CN(C)CCCOc1ccccc1)S(C)(=O)=O. The molecule has 0 aliphatic heterocycles. The summed E-state index contributed by atoms with van der Waals surface area (Å²) in [6.45, 7) is 3.77. The number of hydrogen-bond donors (Lipinski definition) is 0. The number of ether oxygens (including phenoxy) is 1. The summed E-state index contributed by atoms with van der Waals surface area (Å²) in [5.41, 5.74) is 0. The summed E-state index contributed by atoms with van der Waals surface area (Å²) in [6.07, 6.45) is 2.16. The van der Waals surface area contributed by atoms with Gasteiger partial charge in [0.1, 0.15) is 5.75 Å². The van der Waals surface area contributed by atoms with Crippen molar-refractivity contribution in [2.45, 2.75) is 18.6 Å². The number of sulfone groups is 1. The Bertz CT molecular complexity index is 459. The monoisotopic (exact) mass is 285 g/mol. The first kappa shape index (κ1) is 16.0. The third-order valence-electron chi connectivity index (χ3n) is 3.00. The predicted octanol–water partition coefficient (Wildman–Crippen LogP) is 1.82. The van der Waals surface area contributed by atoms with E-state index in [1.165, 1.54) is 6.26 Å². The van der Waals surface area contributed by atoms with Crippen molar-refractivity contribution < 1.29 is 13.2 Å². The largest absolute Gasteiger partial charge is 0.494 e. The lowest BCUT2D eigenvalue weighted by molar-refractivity contribution is 0.263. The molecule has 0 saturated heterocycles. The molecule has 1 rings (SSSR count). The van der Waals surface area contributed by atoms with Crippen molar-refractivity contribution in [2.24, 2.45) is 0 Å². The van der Waals surface area contributed by atoms with Gasteiger partial charge in [0.15, 0.2) is 9.84 Å². The van der Waals surface area contributed by atoms with Gasteiger partial charge in [-0.1, -0.05) is 18.2 Å². The lowest BCUT2D eigenvalue weighted by Gasteiger charge is -2.20. The fourth-order valence-electron chi connectivity index (χ4n) is 1.71. The molecule has 108 valence electrons. The molecule has 0 N–H and O–H groups in total. The number of benzene rings is 1. The third kappa shape index (κ3) is 6.59. The Hall–Kier alpha value is -1.07. The normalized spacial score (nSPS) is 13.5. The summed E-state index contributed by atoms with van der Waals surface area (Å²) >= 11 is 0. The number of hydrogen-bond acceptors (Lipinski definition) is 4. The van der Waals surface area contributed by atoms with E-state index in [1.807, 2.05) is 42.3 Å². The second-order valence-electron chi connectivity index (χ2n) is 4.92. The maximum Gasteiger partial charge on any atom is 0.151 e. The zero-order chi connectivity index (χ0) is 14.3. The molecule has 0 unspecified atom stereocenters. The molecule has 0 aliphatic rings. The molecule has 0 amide bonds. The Morgan fingerprint density at radius 3 is 2.47 bits per heavy atom. The zero-order valence-electron chi connectivity index (χ0n) is 11.9. The first-order valence-corrected chi connectivity index (χ1v) is 8.40. The molecule has 0 aliphatic carbocycles. The molecule has 0 saturated carbocycles. The highest BCUT2D eigenvalue weighted by atomic mass is 32.2. The van der Waals surface area contributed by atoms with E-state index < -0.39 is 9.84 Å². The van der Waals surface area contributed by atoms with Crippen LogP contribution in [0.25, 0.3) is 0 Å². The van der Waals surface area contributed by atoms with Gasteiger partial charge in [0.2, 0.25) is 0 Å². The van der Waals surface area contributed by atoms with Crippen molar-refractivity contribution in [1.29, 1.82) is 0 Å². The molecular formula is C14H23NO3S. The molecule has 0 fully saturated rings. The van der Waals surface area contributed by atoms with Crippen LogP contribution in [-0.2, 0) is 9.84 Å². The van der Waals surface area contributed by atoms with Crippen molar-refractivity contribution in [3.63, 3.8) is 0 Å². The van der Waals surface area contributed by atoms with Crippen molar-refractivity contribution in [2.75, 3.05) is 33.0 Å². The molecular weight excluding hydrogens is 262 g/mol. The quantitative estimate of drug-likeness (QED) is 0.684. The topological polar surface area (TPSA) is 46.6 Å². The van der Waals surface area contributed by atoms with Crippen LogP contribution in [0.3, 0.4) is 0 Å². The van der Waals surface area contributed by atoms with Gasteiger partial charge in [-0.25, -0.2) is 8.42 Å². The number of para-hydroxylation sites is 1. The molecule has 5 heteroatoms. The van der Waals surface area contributed by atoms with Crippen molar-refractivity contribution in [3.8, 4) is 5.75 Å². The molecule has 1 aromatic carbocycles. The van der Waals surface area contributed by atoms with Crippen LogP contribution in [0.2, 0.25) is 0 Å². The van der Waals surface area contributed by atoms with E-state index in [2.05, 4.69) is 0 Å². The smallest absolute Gasteiger partial charge is 0.151 e. The summed E-state index contributed by atoms with van der Waals surface area (Å²) < 4.78 is 28.2. The number of rotatable bonds is 8. The lowest BCUT2D eigenvalue weighted by Crippen LogP contribution is -2.33. The van der Waals surface area contributed by atoms with E-state index in [9.17, 15) is 8.42 Å². The average molecular weight is 285 g/mol. The molecule has 1 aromatic rings. The Kier molecular flexibility index (Phi) is 6.31. The molecule has 19 heavy (non-hydrogen) atoms. The van der Waals surface area contributed by atoms with Crippen LogP contribution in [0.4, 0.5) is 0 Å².